The van der Waals surface area contributed by atoms with Gasteiger partial charge in [0, 0.05) is 24.5 Å². The molecule has 0 saturated carbocycles. The van der Waals surface area contributed by atoms with Crippen LogP contribution in [-0.2, 0) is 4.79 Å². The lowest BCUT2D eigenvalue weighted by Gasteiger charge is -2.28. The van der Waals surface area contributed by atoms with E-state index in [-0.39, 0.29) is 11.7 Å². The van der Waals surface area contributed by atoms with Crippen LogP contribution in [-0.4, -0.2) is 25.1 Å². The van der Waals surface area contributed by atoms with E-state index in [0.29, 0.717) is 5.75 Å². The summed E-state index contributed by atoms with van der Waals surface area (Å²) in [5.74, 6) is -0.113. The average molecular weight is 342 g/mol. The molecule has 1 atom stereocenters. The van der Waals surface area contributed by atoms with Crippen molar-refractivity contribution >= 4 is 17.3 Å². The molecular formula is C20H23FN2O2. The van der Waals surface area contributed by atoms with Crippen LogP contribution < -0.4 is 15.0 Å². The van der Waals surface area contributed by atoms with Crippen molar-refractivity contribution in [3.8, 4) is 5.75 Å². The highest BCUT2D eigenvalue weighted by molar-refractivity contribution is 5.94. The number of benzene rings is 2. The maximum absolute atomic E-state index is 12.9. The third kappa shape index (κ3) is 4.72. The van der Waals surface area contributed by atoms with Crippen LogP contribution in [0.15, 0.2) is 48.5 Å². The second kappa shape index (κ2) is 8.01. The van der Waals surface area contributed by atoms with Gasteiger partial charge in [0.05, 0.1) is 0 Å². The number of hydrogen-bond acceptors (Lipinski definition) is 3. The van der Waals surface area contributed by atoms with Crippen molar-refractivity contribution in [2.75, 3.05) is 23.3 Å². The summed E-state index contributed by atoms with van der Waals surface area (Å²) in [6, 6.07) is 13.5. The van der Waals surface area contributed by atoms with Crippen LogP contribution >= 0.6 is 0 Å². The maximum Gasteiger partial charge on any atom is 0.265 e. The highest BCUT2D eigenvalue weighted by Gasteiger charge is 2.15. The Morgan fingerprint density at radius 3 is 2.32 bits per heavy atom. The Labute approximate surface area is 147 Å². The van der Waals surface area contributed by atoms with Crippen LogP contribution in [0.25, 0.3) is 0 Å². The zero-order valence-electron chi connectivity index (χ0n) is 14.4. The predicted molar refractivity (Wildman–Crippen MR) is 97.6 cm³/mol. The molecule has 2 aromatic rings. The zero-order valence-corrected chi connectivity index (χ0v) is 14.4. The molecule has 0 unspecified atom stereocenters. The molecule has 1 saturated heterocycles. The standard InChI is InChI=1S/C20H23FN2O2/c1-15(25-19-11-5-16(21)6-12-19)20(24)22-17-7-9-18(10-8-17)23-13-3-2-4-14-23/h5-12,15H,2-4,13-14H2,1H3,(H,22,24)/t15-/m1/s1. The summed E-state index contributed by atoms with van der Waals surface area (Å²) in [5, 5.41) is 2.85. The number of hydrogen-bond donors (Lipinski definition) is 1. The minimum Gasteiger partial charge on any atom is -0.481 e. The van der Waals surface area contributed by atoms with Crippen LogP contribution in [0.2, 0.25) is 0 Å². The number of nitrogens with zero attached hydrogens (tertiary/aromatic N) is 1. The molecule has 1 fully saturated rings. The Balaban J connectivity index is 1.55. The number of carbonyl (C=O) groups is 1. The molecular weight excluding hydrogens is 319 g/mol. The quantitative estimate of drug-likeness (QED) is 0.884. The van der Waals surface area contributed by atoms with Crippen molar-refractivity contribution < 1.29 is 13.9 Å². The van der Waals surface area contributed by atoms with Gasteiger partial charge in [-0.15, -0.1) is 0 Å². The summed E-state index contributed by atoms with van der Waals surface area (Å²) in [5.41, 5.74) is 1.92. The van der Waals surface area contributed by atoms with Gasteiger partial charge in [-0.05, 0) is 74.7 Å². The summed E-state index contributed by atoms with van der Waals surface area (Å²) in [6.45, 7) is 3.85. The lowest BCUT2D eigenvalue weighted by atomic mass is 10.1. The fourth-order valence-electron chi connectivity index (χ4n) is 2.92. The molecule has 1 aliphatic heterocycles. The fourth-order valence-corrected chi connectivity index (χ4v) is 2.92. The second-order valence-electron chi connectivity index (χ2n) is 6.30. The highest BCUT2D eigenvalue weighted by Crippen LogP contribution is 2.22. The summed E-state index contributed by atoms with van der Waals surface area (Å²) in [6.07, 6.45) is 3.09. The molecule has 25 heavy (non-hydrogen) atoms. The summed E-state index contributed by atoms with van der Waals surface area (Å²) < 4.78 is 18.4. The molecule has 1 aliphatic rings. The molecule has 132 valence electrons. The van der Waals surface area contributed by atoms with E-state index in [1.165, 1.54) is 49.2 Å². The number of nitrogens with one attached hydrogen (secondary N) is 1. The van der Waals surface area contributed by atoms with E-state index in [1.54, 1.807) is 6.92 Å². The number of amides is 1. The molecule has 2 aromatic carbocycles. The first kappa shape index (κ1) is 17.3. The first-order chi connectivity index (χ1) is 12.1. The van der Waals surface area contributed by atoms with Crippen molar-refractivity contribution in [3.63, 3.8) is 0 Å². The molecule has 1 amide bonds. The number of rotatable bonds is 5. The molecule has 0 bridgehead atoms. The number of anilines is 2. The van der Waals surface area contributed by atoms with Gasteiger partial charge in [0.1, 0.15) is 11.6 Å². The van der Waals surface area contributed by atoms with Gasteiger partial charge < -0.3 is 15.0 Å². The Morgan fingerprint density at radius 2 is 1.68 bits per heavy atom. The molecule has 0 radical (unpaired) electrons. The summed E-state index contributed by atoms with van der Waals surface area (Å²) in [7, 11) is 0. The molecule has 3 rings (SSSR count). The van der Waals surface area contributed by atoms with E-state index in [0.717, 1.165) is 18.8 Å². The molecule has 5 heteroatoms. The van der Waals surface area contributed by atoms with Crippen molar-refractivity contribution in [3.05, 3.63) is 54.3 Å². The van der Waals surface area contributed by atoms with Crippen molar-refractivity contribution in [1.82, 2.24) is 0 Å². The summed E-state index contributed by atoms with van der Waals surface area (Å²) >= 11 is 0. The van der Waals surface area contributed by atoms with Crippen LogP contribution in [0.5, 0.6) is 5.75 Å². The van der Waals surface area contributed by atoms with Crippen molar-refractivity contribution in [2.45, 2.75) is 32.3 Å². The highest BCUT2D eigenvalue weighted by atomic mass is 19.1. The van der Waals surface area contributed by atoms with E-state index in [9.17, 15) is 9.18 Å². The number of carbonyl (C=O) groups excluding carboxylic acids is 1. The Hall–Kier alpha value is -2.56. The van der Waals surface area contributed by atoms with E-state index in [1.807, 2.05) is 24.3 Å². The molecule has 0 aliphatic carbocycles. The Morgan fingerprint density at radius 1 is 1.04 bits per heavy atom. The normalized spacial score (nSPS) is 15.5. The first-order valence-corrected chi connectivity index (χ1v) is 8.70. The van der Waals surface area contributed by atoms with Gasteiger partial charge in [-0.2, -0.15) is 0 Å². The topological polar surface area (TPSA) is 41.6 Å². The van der Waals surface area contributed by atoms with Gasteiger partial charge in [-0.25, -0.2) is 4.39 Å². The average Bonchev–Trinajstić information content (AvgIpc) is 2.65. The smallest absolute Gasteiger partial charge is 0.265 e. The number of piperidine rings is 1. The predicted octanol–water partition coefficient (Wildman–Crippen LogP) is 4.22. The minimum atomic E-state index is -0.674. The van der Waals surface area contributed by atoms with Gasteiger partial charge >= 0.3 is 0 Å². The van der Waals surface area contributed by atoms with Crippen LogP contribution in [0.3, 0.4) is 0 Å². The lowest BCUT2D eigenvalue weighted by Crippen LogP contribution is -2.30. The van der Waals surface area contributed by atoms with E-state index < -0.39 is 6.10 Å². The zero-order chi connectivity index (χ0) is 17.6. The monoisotopic (exact) mass is 342 g/mol. The minimum absolute atomic E-state index is 0.241. The van der Waals surface area contributed by atoms with Crippen LogP contribution in [0, 0.1) is 5.82 Å². The van der Waals surface area contributed by atoms with E-state index in [4.69, 9.17) is 4.74 Å². The Bertz CT molecular complexity index is 695. The third-order valence-corrected chi connectivity index (χ3v) is 4.35. The van der Waals surface area contributed by atoms with Gasteiger partial charge in [0.2, 0.25) is 0 Å². The summed E-state index contributed by atoms with van der Waals surface area (Å²) in [4.78, 5) is 14.6. The Kier molecular flexibility index (Phi) is 5.53. The first-order valence-electron chi connectivity index (χ1n) is 8.70. The molecule has 0 aromatic heterocycles. The molecule has 1 heterocycles. The molecule has 1 N–H and O–H groups in total. The maximum atomic E-state index is 12.9. The largest absolute Gasteiger partial charge is 0.481 e. The van der Waals surface area contributed by atoms with Crippen molar-refractivity contribution in [1.29, 1.82) is 0 Å². The van der Waals surface area contributed by atoms with Gasteiger partial charge in [-0.1, -0.05) is 0 Å². The van der Waals surface area contributed by atoms with Crippen LogP contribution in [0.1, 0.15) is 26.2 Å². The number of ether oxygens (including phenoxy) is 1. The van der Waals surface area contributed by atoms with Gasteiger partial charge in [0.15, 0.2) is 6.10 Å². The van der Waals surface area contributed by atoms with E-state index in [2.05, 4.69) is 10.2 Å². The number of halogens is 1. The van der Waals surface area contributed by atoms with Gasteiger partial charge in [-0.3, -0.25) is 4.79 Å². The third-order valence-electron chi connectivity index (χ3n) is 4.35. The second-order valence-corrected chi connectivity index (χ2v) is 6.30. The van der Waals surface area contributed by atoms with Crippen LogP contribution in [0.4, 0.5) is 15.8 Å². The van der Waals surface area contributed by atoms with Crippen molar-refractivity contribution in [2.24, 2.45) is 0 Å². The SMILES string of the molecule is C[C@@H](Oc1ccc(F)cc1)C(=O)Nc1ccc(N2CCCCC2)cc1. The molecule has 0 spiro atoms. The van der Waals surface area contributed by atoms with Gasteiger partial charge in [0.25, 0.3) is 5.91 Å². The fraction of sp³-hybridized carbons (Fsp3) is 0.350. The molecule has 4 nitrogen and oxygen atoms in total. The van der Waals surface area contributed by atoms with E-state index >= 15 is 0 Å². The lowest BCUT2D eigenvalue weighted by molar-refractivity contribution is -0.122.